The number of carbonyl (C=O) groups excluding carboxylic acids is 2. The van der Waals surface area contributed by atoms with Crippen LogP contribution in [0.5, 0.6) is 0 Å². The van der Waals surface area contributed by atoms with Crippen LogP contribution in [0.15, 0.2) is 11.1 Å². The average Bonchev–Trinajstić information content (AvgIpc) is 2.95. The third-order valence-corrected chi connectivity index (χ3v) is 3.90. The molecule has 1 saturated heterocycles. The molecule has 2 atom stereocenters. The van der Waals surface area contributed by atoms with E-state index in [0.29, 0.717) is 11.0 Å². The van der Waals surface area contributed by atoms with Crippen molar-refractivity contribution in [3.63, 3.8) is 0 Å². The third-order valence-electron chi connectivity index (χ3n) is 3.62. The Balaban J connectivity index is 2.60. The fraction of sp³-hybridized carbons (Fsp3) is 0.714. The van der Waals surface area contributed by atoms with Gasteiger partial charge >= 0.3 is 6.03 Å². The Morgan fingerprint density at radius 3 is 2.45 bits per heavy atom. The van der Waals surface area contributed by atoms with Crippen LogP contribution >= 0.6 is 15.9 Å². The first-order chi connectivity index (χ1) is 9.45. The molecule has 1 heterocycles. The second-order valence-corrected chi connectivity index (χ2v) is 6.36. The van der Waals surface area contributed by atoms with Gasteiger partial charge < -0.3 is 15.5 Å². The highest BCUT2D eigenvalue weighted by molar-refractivity contribution is 9.11. The molecule has 0 aromatic rings. The van der Waals surface area contributed by atoms with Gasteiger partial charge in [-0.3, -0.25) is 4.79 Å². The molecule has 5 nitrogen and oxygen atoms in total. The summed E-state index contributed by atoms with van der Waals surface area (Å²) in [7, 11) is 0. The minimum Gasteiger partial charge on any atom is -0.350 e. The molecule has 1 unspecified atom stereocenters. The molecule has 2 N–H and O–H groups in total. The maximum Gasteiger partial charge on any atom is 0.318 e. The van der Waals surface area contributed by atoms with Crippen LogP contribution in [0.3, 0.4) is 0 Å². The fourth-order valence-corrected chi connectivity index (χ4v) is 2.28. The molecule has 0 saturated carbocycles. The van der Waals surface area contributed by atoms with Crippen molar-refractivity contribution >= 4 is 27.9 Å². The number of urea groups is 1. The van der Waals surface area contributed by atoms with E-state index in [0.717, 1.165) is 32.4 Å². The SMILES string of the molecule is C=C(Br)CNC(=O)[C@H](NC(=O)N1CCCC1)C(C)CC. The van der Waals surface area contributed by atoms with Crippen LogP contribution in [0.2, 0.25) is 0 Å². The zero-order valence-corrected chi connectivity index (χ0v) is 13.8. The largest absolute Gasteiger partial charge is 0.350 e. The summed E-state index contributed by atoms with van der Waals surface area (Å²) in [6.07, 6.45) is 2.90. The molecule has 1 aliphatic rings. The topological polar surface area (TPSA) is 61.4 Å². The lowest BCUT2D eigenvalue weighted by molar-refractivity contribution is -0.123. The van der Waals surface area contributed by atoms with E-state index in [4.69, 9.17) is 0 Å². The van der Waals surface area contributed by atoms with Gasteiger partial charge in [-0.2, -0.15) is 0 Å². The number of likely N-dealkylation sites (tertiary alicyclic amines) is 1. The van der Waals surface area contributed by atoms with E-state index in [2.05, 4.69) is 33.1 Å². The predicted octanol–water partition coefficient (Wildman–Crippen LogP) is 2.23. The third kappa shape index (κ3) is 5.15. The van der Waals surface area contributed by atoms with E-state index < -0.39 is 6.04 Å². The predicted molar refractivity (Wildman–Crippen MR) is 83.7 cm³/mol. The van der Waals surface area contributed by atoms with Crippen molar-refractivity contribution in [2.45, 2.75) is 39.2 Å². The van der Waals surface area contributed by atoms with Gasteiger partial charge in [-0.1, -0.05) is 42.8 Å². The Morgan fingerprint density at radius 2 is 1.95 bits per heavy atom. The summed E-state index contributed by atoms with van der Waals surface area (Å²) in [4.78, 5) is 26.1. The van der Waals surface area contributed by atoms with E-state index in [1.165, 1.54) is 0 Å². The molecule has 0 radical (unpaired) electrons. The van der Waals surface area contributed by atoms with Crippen LogP contribution in [0.4, 0.5) is 4.79 Å². The van der Waals surface area contributed by atoms with Gasteiger partial charge in [-0.15, -0.1) is 0 Å². The first-order valence-electron chi connectivity index (χ1n) is 7.12. The molecule has 0 aliphatic carbocycles. The average molecular weight is 346 g/mol. The van der Waals surface area contributed by atoms with Crippen LogP contribution in [0, 0.1) is 5.92 Å². The summed E-state index contributed by atoms with van der Waals surface area (Å²) in [5.41, 5.74) is 0. The molecule has 0 aromatic heterocycles. The van der Waals surface area contributed by atoms with E-state index in [-0.39, 0.29) is 17.9 Å². The van der Waals surface area contributed by atoms with Crippen molar-refractivity contribution in [2.24, 2.45) is 5.92 Å². The number of amides is 3. The molecule has 0 spiro atoms. The highest BCUT2D eigenvalue weighted by Crippen LogP contribution is 2.12. The molecule has 0 bridgehead atoms. The van der Waals surface area contributed by atoms with Crippen molar-refractivity contribution in [1.82, 2.24) is 15.5 Å². The van der Waals surface area contributed by atoms with E-state index >= 15 is 0 Å². The molecular formula is C14H24BrN3O2. The molecule has 3 amide bonds. The summed E-state index contributed by atoms with van der Waals surface area (Å²) in [5.74, 6) is -0.0716. The maximum absolute atomic E-state index is 12.2. The monoisotopic (exact) mass is 345 g/mol. The fourth-order valence-electron chi connectivity index (χ4n) is 2.14. The first kappa shape index (κ1) is 17.0. The van der Waals surface area contributed by atoms with E-state index in [1.807, 2.05) is 13.8 Å². The number of nitrogens with zero attached hydrogens (tertiary/aromatic N) is 1. The van der Waals surface area contributed by atoms with E-state index in [1.54, 1.807) is 4.90 Å². The lowest BCUT2D eigenvalue weighted by atomic mass is 9.98. The molecule has 1 fully saturated rings. The summed E-state index contributed by atoms with van der Waals surface area (Å²) in [5, 5.41) is 5.64. The van der Waals surface area contributed by atoms with Crippen LogP contribution in [0.1, 0.15) is 33.1 Å². The zero-order valence-electron chi connectivity index (χ0n) is 12.2. The van der Waals surface area contributed by atoms with Crippen molar-refractivity contribution < 1.29 is 9.59 Å². The number of rotatable bonds is 6. The number of nitrogens with one attached hydrogen (secondary N) is 2. The van der Waals surface area contributed by atoms with Gasteiger partial charge in [-0.05, 0) is 18.8 Å². The maximum atomic E-state index is 12.2. The number of carbonyl (C=O) groups is 2. The quantitative estimate of drug-likeness (QED) is 0.775. The lowest BCUT2D eigenvalue weighted by Crippen LogP contribution is -2.53. The Morgan fingerprint density at radius 1 is 1.35 bits per heavy atom. The van der Waals surface area contributed by atoms with E-state index in [9.17, 15) is 9.59 Å². The normalized spacial score (nSPS) is 17.4. The molecule has 20 heavy (non-hydrogen) atoms. The van der Waals surface area contributed by atoms with Gasteiger partial charge in [0.25, 0.3) is 0 Å². The summed E-state index contributed by atoms with van der Waals surface area (Å²) in [6.45, 7) is 9.58. The minimum absolute atomic E-state index is 0.0881. The number of halogens is 1. The van der Waals surface area contributed by atoms with Crippen LogP contribution in [-0.4, -0.2) is 42.5 Å². The van der Waals surface area contributed by atoms with Crippen LogP contribution in [-0.2, 0) is 4.79 Å². The Bertz CT molecular complexity index is 367. The van der Waals surface area contributed by atoms with Gasteiger partial charge in [-0.25, -0.2) is 4.79 Å². The van der Waals surface area contributed by atoms with Gasteiger partial charge in [0.1, 0.15) is 6.04 Å². The van der Waals surface area contributed by atoms with Crippen molar-refractivity contribution in [1.29, 1.82) is 0 Å². The van der Waals surface area contributed by atoms with Crippen LogP contribution < -0.4 is 10.6 Å². The highest BCUT2D eigenvalue weighted by atomic mass is 79.9. The molecule has 114 valence electrons. The summed E-state index contributed by atoms with van der Waals surface area (Å²) >= 11 is 3.21. The van der Waals surface area contributed by atoms with Gasteiger partial charge in [0.2, 0.25) is 5.91 Å². The standard InChI is InChI=1S/C14H24BrN3O2/c1-4-10(2)12(13(19)16-9-11(3)15)17-14(20)18-7-5-6-8-18/h10,12H,3-9H2,1-2H3,(H,16,19)(H,17,20)/t10?,12-/m1/s1. The van der Waals surface area contributed by atoms with Crippen molar-refractivity contribution in [3.8, 4) is 0 Å². The molecule has 1 aliphatic heterocycles. The molecule has 1 rings (SSSR count). The van der Waals surface area contributed by atoms with Gasteiger partial charge in [0.05, 0.1) is 0 Å². The van der Waals surface area contributed by atoms with Crippen molar-refractivity contribution in [3.05, 3.63) is 11.1 Å². The van der Waals surface area contributed by atoms with Crippen molar-refractivity contribution in [2.75, 3.05) is 19.6 Å². The molecule has 0 aromatic carbocycles. The zero-order chi connectivity index (χ0) is 15.1. The van der Waals surface area contributed by atoms with Gasteiger partial charge in [0.15, 0.2) is 0 Å². The highest BCUT2D eigenvalue weighted by Gasteiger charge is 2.28. The molecule has 6 heteroatoms. The molecular weight excluding hydrogens is 322 g/mol. The second-order valence-electron chi connectivity index (χ2n) is 5.24. The lowest BCUT2D eigenvalue weighted by Gasteiger charge is -2.26. The Kier molecular flexibility index (Phi) is 7.05. The Labute approximate surface area is 129 Å². The minimum atomic E-state index is -0.500. The second kappa shape index (κ2) is 8.29. The summed E-state index contributed by atoms with van der Waals surface area (Å²) in [6, 6.07) is -0.638. The first-order valence-corrected chi connectivity index (χ1v) is 7.91. The number of hydrogen-bond acceptors (Lipinski definition) is 2. The smallest absolute Gasteiger partial charge is 0.318 e. The number of hydrogen-bond donors (Lipinski definition) is 2. The Hall–Kier alpha value is -1.04. The van der Waals surface area contributed by atoms with Gasteiger partial charge in [0, 0.05) is 24.1 Å². The van der Waals surface area contributed by atoms with Crippen LogP contribution in [0.25, 0.3) is 0 Å². The summed E-state index contributed by atoms with van der Waals surface area (Å²) < 4.78 is 0.708.